The Morgan fingerprint density at radius 3 is 2.48 bits per heavy atom. The SMILES string of the molecule is COc1c(C(C)C)cc2c(c1OC)C[C@@]13CCCC(C)(C)C1=C[C@@H]2O3. The molecule has 4 rings (SSSR count). The van der Waals surface area contributed by atoms with Crippen molar-refractivity contribution >= 4 is 0 Å². The van der Waals surface area contributed by atoms with E-state index in [1.165, 1.54) is 35.1 Å². The molecule has 2 heterocycles. The van der Waals surface area contributed by atoms with E-state index in [9.17, 15) is 0 Å². The molecule has 0 radical (unpaired) electrons. The second-order valence-corrected chi connectivity index (χ2v) is 8.78. The van der Waals surface area contributed by atoms with Crippen LogP contribution >= 0.6 is 0 Å². The number of hydrogen-bond acceptors (Lipinski definition) is 3. The summed E-state index contributed by atoms with van der Waals surface area (Å²) in [5, 5.41) is 0. The molecule has 0 aromatic heterocycles. The van der Waals surface area contributed by atoms with E-state index in [0.717, 1.165) is 24.3 Å². The minimum atomic E-state index is -0.142. The van der Waals surface area contributed by atoms with Gasteiger partial charge in [0.05, 0.1) is 19.8 Å². The quantitative estimate of drug-likeness (QED) is 0.695. The largest absolute Gasteiger partial charge is 0.493 e. The van der Waals surface area contributed by atoms with Gasteiger partial charge in [-0.1, -0.05) is 27.7 Å². The molecule has 0 saturated heterocycles. The first-order chi connectivity index (χ1) is 11.8. The summed E-state index contributed by atoms with van der Waals surface area (Å²) < 4.78 is 18.3. The van der Waals surface area contributed by atoms with Gasteiger partial charge in [0.25, 0.3) is 0 Å². The van der Waals surface area contributed by atoms with Crippen LogP contribution in [-0.2, 0) is 11.2 Å². The molecule has 25 heavy (non-hydrogen) atoms. The highest BCUT2D eigenvalue weighted by Crippen LogP contribution is 2.60. The molecule has 0 N–H and O–H groups in total. The molecule has 1 fully saturated rings. The molecule has 1 aromatic carbocycles. The van der Waals surface area contributed by atoms with Crippen LogP contribution in [0, 0.1) is 5.41 Å². The Morgan fingerprint density at radius 2 is 1.84 bits per heavy atom. The first-order valence-electron chi connectivity index (χ1n) is 9.51. The maximum Gasteiger partial charge on any atom is 0.164 e. The summed E-state index contributed by atoms with van der Waals surface area (Å²) in [6, 6.07) is 2.29. The number of fused-ring (bicyclic) bond motifs is 3. The summed E-state index contributed by atoms with van der Waals surface area (Å²) >= 11 is 0. The highest BCUT2D eigenvalue weighted by atomic mass is 16.5. The molecule has 3 heteroatoms. The second kappa shape index (κ2) is 5.51. The van der Waals surface area contributed by atoms with E-state index in [1.807, 2.05) is 0 Å². The standard InChI is InChI=1S/C22H30O3/c1-13(2)14-10-15-16(20(24-6)19(14)23-5)12-22-9-7-8-21(3,4)18(22)11-17(15)25-22/h10-11,13,17H,7-9,12H2,1-6H3/t17-,22-/m0/s1. The monoisotopic (exact) mass is 342 g/mol. The van der Waals surface area contributed by atoms with E-state index in [1.54, 1.807) is 14.2 Å². The maximum atomic E-state index is 6.67. The first-order valence-corrected chi connectivity index (χ1v) is 9.51. The Hall–Kier alpha value is -1.48. The molecule has 3 nitrogen and oxygen atoms in total. The van der Waals surface area contributed by atoms with Crippen molar-refractivity contribution in [2.24, 2.45) is 5.41 Å². The zero-order valence-corrected chi connectivity index (χ0v) is 16.4. The molecule has 1 aromatic rings. The lowest BCUT2D eigenvalue weighted by Gasteiger charge is -2.46. The average Bonchev–Trinajstić information content (AvgIpc) is 2.88. The molecule has 1 saturated carbocycles. The highest BCUT2D eigenvalue weighted by molar-refractivity contribution is 5.61. The van der Waals surface area contributed by atoms with Gasteiger partial charge in [-0.25, -0.2) is 0 Å². The number of ether oxygens (including phenoxy) is 3. The predicted molar refractivity (Wildman–Crippen MR) is 99.6 cm³/mol. The van der Waals surface area contributed by atoms with Crippen molar-refractivity contribution in [1.82, 2.24) is 0 Å². The molecule has 3 aliphatic rings. The molecule has 2 bridgehead atoms. The molecule has 2 atom stereocenters. The zero-order valence-electron chi connectivity index (χ0n) is 16.4. The molecule has 1 spiro atoms. The van der Waals surface area contributed by atoms with Gasteiger partial charge in [-0.15, -0.1) is 0 Å². The summed E-state index contributed by atoms with van der Waals surface area (Å²) in [4.78, 5) is 0. The van der Waals surface area contributed by atoms with Crippen LogP contribution in [-0.4, -0.2) is 19.8 Å². The summed E-state index contributed by atoms with van der Waals surface area (Å²) in [7, 11) is 3.51. The van der Waals surface area contributed by atoms with Gasteiger partial charge >= 0.3 is 0 Å². The van der Waals surface area contributed by atoms with Gasteiger partial charge in [-0.05, 0) is 53.9 Å². The molecule has 0 unspecified atom stereocenters. The minimum absolute atomic E-state index is 0.0495. The van der Waals surface area contributed by atoms with Gasteiger partial charge in [-0.3, -0.25) is 0 Å². The highest BCUT2D eigenvalue weighted by Gasteiger charge is 2.54. The number of rotatable bonds is 3. The van der Waals surface area contributed by atoms with Crippen molar-refractivity contribution in [3.05, 3.63) is 34.4 Å². The number of methoxy groups -OCH3 is 2. The van der Waals surface area contributed by atoms with Gasteiger partial charge in [0.2, 0.25) is 0 Å². The van der Waals surface area contributed by atoms with Crippen LogP contribution in [0.4, 0.5) is 0 Å². The fraction of sp³-hybridized carbons (Fsp3) is 0.636. The third-order valence-corrected chi connectivity index (χ3v) is 6.47. The van der Waals surface area contributed by atoms with Crippen molar-refractivity contribution in [3.63, 3.8) is 0 Å². The molecule has 0 amide bonds. The van der Waals surface area contributed by atoms with E-state index in [-0.39, 0.29) is 17.1 Å². The van der Waals surface area contributed by atoms with E-state index in [4.69, 9.17) is 14.2 Å². The third-order valence-electron chi connectivity index (χ3n) is 6.47. The molecule has 1 aliphatic carbocycles. The molecular weight excluding hydrogens is 312 g/mol. The summed E-state index contributed by atoms with van der Waals surface area (Å²) in [6.07, 6.45) is 6.91. The third kappa shape index (κ3) is 2.28. The van der Waals surface area contributed by atoms with Crippen molar-refractivity contribution in [2.75, 3.05) is 14.2 Å². The van der Waals surface area contributed by atoms with Crippen LogP contribution in [0.5, 0.6) is 11.5 Å². The van der Waals surface area contributed by atoms with Crippen LogP contribution in [0.3, 0.4) is 0 Å². The fourth-order valence-corrected chi connectivity index (χ4v) is 5.31. The van der Waals surface area contributed by atoms with Crippen LogP contribution in [0.1, 0.15) is 75.7 Å². The van der Waals surface area contributed by atoms with Gasteiger partial charge in [0, 0.05) is 17.5 Å². The zero-order chi connectivity index (χ0) is 18.0. The first kappa shape index (κ1) is 17.0. The number of benzene rings is 1. The van der Waals surface area contributed by atoms with Gasteiger partial charge in [0.15, 0.2) is 11.5 Å². The maximum absolute atomic E-state index is 6.67. The summed E-state index contributed by atoms with van der Waals surface area (Å²) in [5.74, 6) is 2.18. The lowest BCUT2D eigenvalue weighted by Crippen LogP contribution is -2.45. The number of hydrogen-bond donors (Lipinski definition) is 0. The second-order valence-electron chi connectivity index (χ2n) is 8.78. The molecule has 2 aliphatic heterocycles. The Morgan fingerprint density at radius 1 is 1.12 bits per heavy atom. The minimum Gasteiger partial charge on any atom is -0.493 e. The fourth-order valence-electron chi connectivity index (χ4n) is 5.31. The lowest BCUT2D eigenvalue weighted by molar-refractivity contribution is -0.0677. The Balaban J connectivity index is 1.92. The molecular formula is C22H30O3. The van der Waals surface area contributed by atoms with Crippen molar-refractivity contribution in [2.45, 2.75) is 71.0 Å². The topological polar surface area (TPSA) is 27.7 Å². The van der Waals surface area contributed by atoms with E-state index in [0.29, 0.717) is 5.92 Å². The molecule has 136 valence electrons. The average molecular weight is 342 g/mol. The van der Waals surface area contributed by atoms with Crippen molar-refractivity contribution < 1.29 is 14.2 Å². The van der Waals surface area contributed by atoms with Gasteiger partial charge in [-0.2, -0.15) is 0 Å². The van der Waals surface area contributed by atoms with Gasteiger partial charge in [0.1, 0.15) is 6.10 Å². The smallest absolute Gasteiger partial charge is 0.164 e. The van der Waals surface area contributed by atoms with E-state index >= 15 is 0 Å². The lowest BCUT2D eigenvalue weighted by atomic mass is 9.64. The summed E-state index contributed by atoms with van der Waals surface area (Å²) in [6.45, 7) is 9.13. The van der Waals surface area contributed by atoms with Crippen LogP contribution in [0.15, 0.2) is 17.7 Å². The van der Waals surface area contributed by atoms with E-state index < -0.39 is 0 Å². The van der Waals surface area contributed by atoms with Crippen LogP contribution < -0.4 is 9.47 Å². The van der Waals surface area contributed by atoms with Crippen molar-refractivity contribution in [3.8, 4) is 11.5 Å². The van der Waals surface area contributed by atoms with Crippen LogP contribution in [0.25, 0.3) is 0 Å². The Bertz CT molecular complexity index is 744. The normalized spacial score (nSPS) is 29.1. The Labute approximate surface area is 151 Å². The summed E-state index contributed by atoms with van der Waals surface area (Å²) in [5.41, 5.74) is 5.32. The van der Waals surface area contributed by atoms with Crippen molar-refractivity contribution in [1.29, 1.82) is 0 Å². The van der Waals surface area contributed by atoms with E-state index in [2.05, 4.69) is 39.8 Å². The predicted octanol–water partition coefficient (Wildman–Crippen LogP) is 5.33. The van der Waals surface area contributed by atoms with Gasteiger partial charge < -0.3 is 14.2 Å². The Kier molecular flexibility index (Phi) is 3.74. The van der Waals surface area contributed by atoms with Crippen LogP contribution in [0.2, 0.25) is 0 Å².